The van der Waals surface area contributed by atoms with Crippen molar-refractivity contribution in [2.45, 2.75) is 18.9 Å². The van der Waals surface area contributed by atoms with E-state index in [0.717, 1.165) is 25.0 Å². The van der Waals surface area contributed by atoms with E-state index in [9.17, 15) is 23.2 Å². The number of amides is 3. The van der Waals surface area contributed by atoms with E-state index < -0.39 is 23.4 Å². The minimum Gasteiger partial charge on any atom is -0.348 e. The van der Waals surface area contributed by atoms with Gasteiger partial charge in [-0.15, -0.1) is 0 Å². The summed E-state index contributed by atoms with van der Waals surface area (Å²) in [5, 5.41) is 7.59. The molecule has 1 unspecified atom stereocenters. The Labute approximate surface area is 143 Å². The lowest BCUT2D eigenvalue weighted by molar-refractivity contribution is -0.862. The van der Waals surface area contributed by atoms with Gasteiger partial charge in [0.1, 0.15) is 0 Å². The lowest BCUT2D eigenvalue weighted by atomic mass is 10.3. The zero-order chi connectivity index (χ0) is 18.4. The van der Waals surface area contributed by atoms with E-state index >= 15 is 0 Å². The molecule has 1 aliphatic rings. The molecule has 0 saturated heterocycles. The van der Waals surface area contributed by atoms with Crippen LogP contribution in [0.4, 0.5) is 14.5 Å². The Hall–Kier alpha value is -2.55. The van der Waals surface area contributed by atoms with Gasteiger partial charge in [-0.2, -0.15) is 0 Å². The van der Waals surface area contributed by atoms with E-state index in [-0.39, 0.29) is 37.3 Å². The molecule has 1 aromatic rings. The van der Waals surface area contributed by atoms with Crippen molar-refractivity contribution in [2.24, 2.45) is 0 Å². The van der Waals surface area contributed by atoms with Gasteiger partial charge in [-0.3, -0.25) is 14.4 Å². The Balaban J connectivity index is 1.66. The number of benzene rings is 1. The van der Waals surface area contributed by atoms with E-state index in [0.29, 0.717) is 4.90 Å². The quantitative estimate of drug-likeness (QED) is 0.473. The average Bonchev–Trinajstić information content (AvgIpc) is 3.32. The number of carbonyl (C=O) groups excluding carboxylic acids is 3. The summed E-state index contributed by atoms with van der Waals surface area (Å²) in [5.41, 5.74) is 0.0950. The fourth-order valence-corrected chi connectivity index (χ4v) is 2.14. The SMILES string of the molecule is C[NH+](CC(=O)NCC(=O)Nc1ccc(F)c(F)c1)CC(=O)NC1CC1. The Morgan fingerprint density at radius 2 is 1.76 bits per heavy atom. The second-order valence-electron chi connectivity index (χ2n) is 6.11. The normalized spacial score (nSPS) is 14.5. The molecule has 1 aromatic carbocycles. The Bertz CT molecular complexity index is 665. The number of hydrogen-bond donors (Lipinski definition) is 4. The summed E-state index contributed by atoms with van der Waals surface area (Å²) in [4.78, 5) is 35.8. The van der Waals surface area contributed by atoms with Crippen LogP contribution in [0, 0.1) is 11.6 Å². The molecule has 25 heavy (non-hydrogen) atoms. The first kappa shape index (κ1) is 18.8. The van der Waals surface area contributed by atoms with Crippen molar-refractivity contribution >= 4 is 23.4 Å². The van der Waals surface area contributed by atoms with E-state index in [1.165, 1.54) is 6.07 Å². The maximum Gasteiger partial charge on any atom is 0.275 e. The highest BCUT2D eigenvalue weighted by Crippen LogP contribution is 2.18. The van der Waals surface area contributed by atoms with Crippen molar-refractivity contribution in [3.8, 4) is 0 Å². The molecule has 0 aliphatic heterocycles. The number of carbonyl (C=O) groups is 3. The van der Waals surface area contributed by atoms with Gasteiger partial charge in [0, 0.05) is 17.8 Å². The zero-order valence-corrected chi connectivity index (χ0v) is 13.8. The summed E-state index contributed by atoms with van der Waals surface area (Å²) >= 11 is 0. The third-order valence-corrected chi connectivity index (χ3v) is 3.52. The highest BCUT2D eigenvalue weighted by Gasteiger charge is 2.24. The van der Waals surface area contributed by atoms with Crippen molar-refractivity contribution in [1.82, 2.24) is 10.6 Å². The Morgan fingerprint density at radius 1 is 1.08 bits per heavy atom. The molecule has 7 nitrogen and oxygen atoms in total. The summed E-state index contributed by atoms with van der Waals surface area (Å²) in [6.45, 7) is -0.0963. The molecule has 0 aromatic heterocycles. The van der Waals surface area contributed by atoms with Crippen molar-refractivity contribution in [1.29, 1.82) is 0 Å². The number of likely N-dealkylation sites (N-methyl/N-ethyl adjacent to an activating group) is 1. The Morgan fingerprint density at radius 3 is 2.40 bits per heavy atom. The predicted molar refractivity (Wildman–Crippen MR) is 85.8 cm³/mol. The van der Waals surface area contributed by atoms with Gasteiger partial charge in [0.15, 0.2) is 24.7 Å². The predicted octanol–water partition coefficient (Wildman–Crippen LogP) is -1.19. The van der Waals surface area contributed by atoms with Crippen molar-refractivity contribution in [3.05, 3.63) is 29.8 Å². The first-order chi connectivity index (χ1) is 11.8. The van der Waals surface area contributed by atoms with Crippen LogP contribution < -0.4 is 20.9 Å². The molecule has 2 rings (SSSR count). The van der Waals surface area contributed by atoms with Crippen molar-refractivity contribution in [2.75, 3.05) is 32.0 Å². The van der Waals surface area contributed by atoms with Crippen molar-refractivity contribution in [3.63, 3.8) is 0 Å². The highest BCUT2D eigenvalue weighted by molar-refractivity contribution is 5.94. The summed E-state index contributed by atoms with van der Waals surface area (Å²) in [7, 11) is 1.70. The van der Waals surface area contributed by atoms with Gasteiger partial charge in [0.2, 0.25) is 5.91 Å². The van der Waals surface area contributed by atoms with Gasteiger partial charge >= 0.3 is 0 Å². The third-order valence-electron chi connectivity index (χ3n) is 3.52. The van der Waals surface area contributed by atoms with Gasteiger partial charge < -0.3 is 20.9 Å². The molecule has 1 atom stereocenters. The van der Waals surface area contributed by atoms with Crippen LogP contribution in [0.5, 0.6) is 0 Å². The monoisotopic (exact) mass is 355 g/mol. The van der Waals surface area contributed by atoms with Gasteiger partial charge in [-0.25, -0.2) is 8.78 Å². The molecular formula is C16H21F2N4O3+. The molecule has 0 bridgehead atoms. The van der Waals surface area contributed by atoms with Crippen LogP contribution in [0.25, 0.3) is 0 Å². The minimum absolute atomic E-state index is 0.0382. The molecule has 1 saturated carbocycles. The van der Waals surface area contributed by atoms with Crippen LogP contribution in [-0.2, 0) is 14.4 Å². The van der Waals surface area contributed by atoms with Crippen LogP contribution in [0.2, 0.25) is 0 Å². The smallest absolute Gasteiger partial charge is 0.275 e. The lowest BCUT2D eigenvalue weighted by Crippen LogP contribution is -3.11. The fourth-order valence-electron chi connectivity index (χ4n) is 2.14. The number of anilines is 1. The summed E-state index contributed by atoms with van der Waals surface area (Å²) in [6, 6.07) is 3.24. The second-order valence-corrected chi connectivity index (χ2v) is 6.11. The molecule has 0 heterocycles. The van der Waals surface area contributed by atoms with E-state index in [4.69, 9.17) is 0 Å². The largest absolute Gasteiger partial charge is 0.348 e. The van der Waals surface area contributed by atoms with E-state index in [2.05, 4.69) is 16.0 Å². The van der Waals surface area contributed by atoms with Crippen molar-refractivity contribution < 1.29 is 28.1 Å². The molecule has 9 heteroatoms. The molecular weight excluding hydrogens is 334 g/mol. The number of rotatable bonds is 8. The van der Waals surface area contributed by atoms with Crippen LogP contribution in [0.15, 0.2) is 18.2 Å². The minimum atomic E-state index is -1.07. The molecule has 136 valence electrons. The highest BCUT2D eigenvalue weighted by atomic mass is 19.2. The zero-order valence-electron chi connectivity index (χ0n) is 13.8. The van der Waals surface area contributed by atoms with Crippen LogP contribution in [0.3, 0.4) is 0 Å². The summed E-state index contributed by atoms with van der Waals surface area (Å²) in [5.74, 6) is -3.15. The molecule has 4 N–H and O–H groups in total. The van der Waals surface area contributed by atoms with Gasteiger partial charge in [0.05, 0.1) is 13.6 Å². The van der Waals surface area contributed by atoms with Gasteiger partial charge in [-0.05, 0) is 25.0 Å². The second kappa shape index (κ2) is 8.52. The van der Waals surface area contributed by atoms with Crippen LogP contribution in [-0.4, -0.2) is 50.4 Å². The summed E-state index contributed by atoms with van der Waals surface area (Å²) in [6.07, 6.45) is 2.00. The summed E-state index contributed by atoms with van der Waals surface area (Å²) < 4.78 is 25.8. The lowest BCUT2D eigenvalue weighted by Gasteiger charge is -2.13. The van der Waals surface area contributed by atoms with E-state index in [1.54, 1.807) is 7.05 Å². The Kier molecular flexibility index (Phi) is 6.40. The molecule has 1 fully saturated rings. The average molecular weight is 355 g/mol. The fraction of sp³-hybridized carbons (Fsp3) is 0.438. The van der Waals surface area contributed by atoms with Crippen LogP contribution in [0.1, 0.15) is 12.8 Å². The number of hydrogen-bond acceptors (Lipinski definition) is 3. The number of quaternary nitrogens is 1. The maximum atomic E-state index is 13.0. The topological polar surface area (TPSA) is 91.7 Å². The van der Waals surface area contributed by atoms with E-state index in [1.807, 2.05) is 0 Å². The standard InChI is InChI=1S/C16H20F2N4O3/c1-22(9-16(25)20-10-2-3-10)8-15(24)19-7-14(23)21-11-4-5-12(17)13(18)6-11/h4-6,10H,2-3,7-9H2,1H3,(H,19,24)(H,20,25)(H,21,23)/p+1. The maximum absolute atomic E-state index is 13.0. The van der Waals surface area contributed by atoms with Gasteiger partial charge in [0.25, 0.3) is 11.8 Å². The van der Waals surface area contributed by atoms with Crippen LogP contribution >= 0.6 is 0 Å². The third kappa shape index (κ3) is 6.84. The molecule has 3 amide bonds. The molecule has 0 radical (unpaired) electrons. The first-order valence-corrected chi connectivity index (χ1v) is 7.95. The first-order valence-electron chi connectivity index (χ1n) is 7.95. The molecule has 1 aliphatic carbocycles. The van der Waals surface area contributed by atoms with Gasteiger partial charge in [-0.1, -0.05) is 0 Å². The molecule has 0 spiro atoms. The number of nitrogens with one attached hydrogen (secondary N) is 4. The number of halogens is 2.